The molecule has 0 aliphatic rings. The third kappa shape index (κ3) is 5.02. The molecule has 0 spiro atoms. The number of amides is 1. The van der Waals surface area contributed by atoms with E-state index in [2.05, 4.69) is 10.6 Å². The summed E-state index contributed by atoms with van der Waals surface area (Å²) in [5, 5.41) is 6.37. The maximum Gasteiger partial charge on any atom is 0.216 e. The zero-order valence-corrected chi connectivity index (χ0v) is 6.13. The summed E-state index contributed by atoms with van der Waals surface area (Å²) < 4.78 is 0. The Balaban J connectivity index is 3.19. The van der Waals surface area contributed by atoms with Crippen LogP contribution in [0.5, 0.6) is 0 Å². The highest BCUT2D eigenvalue weighted by molar-refractivity contribution is 5.72. The first-order valence-electron chi connectivity index (χ1n) is 2.95. The first-order chi connectivity index (χ1) is 4.66. The van der Waals surface area contributed by atoms with E-state index in [4.69, 9.17) is 0 Å². The summed E-state index contributed by atoms with van der Waals surface area (Å²) in [6.45, 7) is 2.33. The molecule has 0 aromatic carbocycles. The third-order valence-corrected chi connectivity index (χ3v) is 0.949. The van der Waals surface area contributed by atoms with E-state index in [1.807, 2.05) is 0 Å². The van der Waals surface area contributed by atoms with Gasteiger partial charge in [0.25, 0.3) is 0 Å². The fraction of sp³-hybridized carbons (Fsp3) is 0.800. The van der Waals surface area contributed by atoms with Gasteiger partial charge < -0.3 is 5.32 Å². The largest absolute Gasteiger partial charge is 0.354 e. The van der Waals surface area contributed by atoms with Gasteiger partial charge in [-0.3, -0.25) is 9.80 Å². The Bertz CT molecular complexity index is 126. The Labute approximate surface area is 59.3 Å². The highest BCUT2D eigenvalue weighted by atomic mass is 16.3. The maximum atomic E-state index is 10.3. The molecule has 5 heteroatoms. The molecule has 0 rings (SSSR count). The minimum atomic E-state index is -0.0979. The van der Waals surface area contributed by atoms with E-state index in [9.17, 15) is 9.70 Å². The van der Waals surface area contributed by atoms with Crippen molar-refractivity contribution >= 4 is 5.91 Å². The lowest BCUT2D eigenvalue weighted by Crippen LogP contribution is -2.28. The van der Waals surface area contributed by atoms with Crippen LogP contribution in [0.1, 0.15) is 6.92 Å². The van der Waals surface area contributed by atoms with Crippen molar-refractivity contribution in [3.63, 3.8) is 0 Å². The summed E-state index contributed by atoms with van der Waals surface area (Å²) >= 11 is 0. The number of rotatable bonds is 4. The van der Waals surface area contributed by atoms with Gasteiger partial charge in [0.1, 0.15) is 0 Å². The molecule has 0 saturated carbocycles. The zero-order chi connectivity index (χ0) is 7.98. The number of nitroso groups, excluding NO2 is 1. The van der Waals surface area contributed by atoms with E-state index in [1.165, 1.54) is 11.9 Å². The third-order valence-electron chi connectivity index (χ3n) is 0.949. The van der Waals surface area contributed by atoms with Crippen molar-refractivity contribution in [2.45, 2.75) is 6.92 Å². The van der Waals surface area contributed by atoms with Gasteiger partial charge in [-0.25, -0.2) is 0 Å². The number of nitrogens with zero attached hydrogens (tertiary/aromatic N) is 2. The first-order valence-corrected chi connectivity index (χ1v) is 2.95. The van der Waals surface area contributed by atoms with Crippen LogP contribution in [0.4, 0.5) is 0 Å². The zero-order valence-electron chi connectivity index (χ0n) is 6.13. The number of carbonyl (C=O) groups excluding carboxylic acids is 1. The van der Waals surface area contributed by atoms with E-state index in [0.29, 0.717) is 13.1 Å². The van der Waals surface area contributed by atoms with Crippen molar-refractivity contribution in [1.29, 1.82) is 0 Å². The van der Waals surface area contributed by atoms with Crippen molar-refractivity contribution in [3.8, 4) is 0 Å². The maximum absolute atomic E-state index is 10.3. The normalized spacial score (nSPS) is 8.60. The van der Waals surface area contributed by atoms with Crippen molar-refractivity contribution < 1.29 is 4.79 Å². The van der Waals surface area contributed by atoms with Gasteiger partial charge in [0.05, 0.1) is 11.8 Å². The van der Waals surface area contributed by atoms with E-state index < -0.39 is 0 Å². The standard InChI is InChI=1S/C5H11N3O2/c1-5(9)6-3-4-8(2)7-10/h3-4H2,1-2H3,(H,6,9). The molecular formula is C5H11N3O2. The van der Waals surface area contributed by atoms with Gasteiger partial charge in [0.15, 0.2) is 0 Å². The van der Waals surface area contributed by atoms with Crippen LogP contribution < -0.4 is 5.32 Å². The number of carbonyl (C=O) groups is 1. The number of nitrogens with one attached hydrogen (secondary N) is 1. The Morgan fingerprint density at radius 3 is 2.70 bits per heavy atom. The molecule has 5 nitrogen and oxygen atoms in total. The average Bonchev–Trinajstić information content (AvgIpc) is 1.87. The molecule has 0 fully saturated rings. The second-order valence-corrected chi connectivity index (χ2v) is 1.95. The summed E-state index contributed by atoms with van der Waals surface area (Å²) in [5.74, 6) is -0.0979. The molecule has 0 aromatic heterocycles. The van der Waals surface area contributed by atoms with Gasteiger partial charge in [0, 0.05) is 20.5 Å². The molecule has 0 heterocycles. The molecule has 0 atom stereocenters. The number of likely N-dealkylation sites (N-methyl/N-ethyl adjacent to an activating group) is 1. The van der Waals surface area contributed by atoms with Gasteiger partial charge >= 0.3 is 0 Å². The number of hydrogen-bond acceptors (Lipinski definition) is 3. The molecule has 0 unspecified atom stereocenters. The summed E-state index contributed by atoms with van der Waals surface area (Å²) in [6.07, 6.45) is 0. The van der Waals surface area contributed by atoms with E-state index in [1.54, 1.807) is 7.05 Å². The number of hydrogen-bond donors (Lipinski definition) is 1. The molecule has 0 aromatic rings. The van der Waals surface area contributed by atoms with Crippen molar-refractivity contribution in [2.75, 3.05) is 20.1 Å². The highest BCUT2D eigenvalue weighted by Gasteiger charge is 1.93. The van der Waals surface area contributed by atoms with Crippen LogP contribution in [0, 0.1) is 4.91 Å². The molecule has 0 aliphatic carbocycles. The minimum Gasteiger partial charge on any atom is -0.354 e. The van der Waals surface area contributed by atoms with Gasteiger partial charge in [-0.2, -0.15) is 0 Å². The average molecular weight is 145 g/mol. The van der Waals surface area contributed by atoms with Gasteiger partial charge in [-0.1, -0.05) is 0 Å². The topological polar surface area (TPSA) is 61.8 Å². The highest BCUT2D eigenvalue weighted by Crippen LogP contribution is 1.77. The van der Waals surface area contributed by atoms with Crippen LogP contribution in [0.2, 0.25) is 0 Å². The Kier molecular flexibility index (Phi) is 4.19. The van der Waals surface area contributed by atoms with Crippen LogP contribution in [-0.2, 0) is 4.79 Å². The molecule has 10 heavy (non-hydrogen) atoms. The van der Waals surface area contributed by atoms with Gasteiger partial charge in [-0.05, 0) is 0 Å². The summed E-state index contributed by atoms with van der Waals surface area (Å²) in [6, 6.07) is 0. The molecular weight excluding hydrogens is 134 g/mol. The van der Waals surface area contributed by atoms with Gasteiger partial charge in [-0.15, -0.1) is 4.91 Å². The van der Waals surface area contributed by atoms with E-state index >= 15 is 0 Å². The van der Waals surface area contributed by atoms with Crippen LogP contribution in [0.3, 0.4) is 0 Å². The Morgan fingerprint density at radius 1 is 1.70 bits per heavy atom. The minimum absolute atomic E-state index is 0.0979. The van der Waals surface area contributed by atoms with Crippen molar-refractivity contribution in [1.82, 2.24) is 10.3 Å². The van der Waals surface area contributed by atoms with Gasteiger partial charge in [0.2, 0.25) is 5.91 Å². The Hall–Kier alpha value is -1.13. The van der Waals surface area contributed by atoms with Crippen LogP contribution in [-0.4, -0.2) is 31.1 Å². The molecule has 0 bridgehead atoms. The van der Waals surface area contributed by atoms with E-state index in [0.717, 1.165) is 0 Å². The second-order valence-electron chi connectivity index (χ2n) is 1.95. The summed E-state index contributed by atoms with van der Waals surface area (Å²) in [4.78, 5) is 20.0. The molecule has 0 saturated heterocycles. The van der Waals surface area contributed by atoms with Crippen molar-refractivity contribution in [3.05, 3.63) is 4.91 Å². The smallest absolute Gasteiger partial charge is 0.216 e. The fourth-order valence-corrected chi connectivity index (χ4v) is 0.435. The summed E-state index contributed by atoms with van der Waals surface area (Å²) in [7, 11) is 1.55. The lowest BCUT2D eigenvalue weighted by atomic mass is 10.6. The van der Waals surface area contributed by atoms with Crippen LogP contribution >= 0.6 is 0 Å². The van der Waals surface area contributed by atoms with Crippen LogP contribution in [0.25, 0.3) is 0 Å². The van der Waals surface area contributed by atoms with Crippen LogP contribution in [0.15, 0.2) is 5.29 Å². The van der Waals surface area contributed by atoms with E-state index in [-0.39, 0.29) is 5.91 Å². The fourth-order valence-electron chi connectivity index (χ4n) is 0.435. The molecule has 1 N–H and O–H groups in total. The first kappa shape index (κ1) is 8.87. The molecule has 1 amide bonds. The predicted octanol–water partition coefficient (Wildman–Crippen LogP) is -0.264. The second kappa shape index (κ2) is 4.72. The quantitative estimate of drug-likeness (QED) is 0.437. The molecule has 0 radical (unpaired) electrons. The lowest BCUT2D eigenvalue weighted by Gasteiger charge is -2.07. The SMILES string of the molecule is CC(=O)NCCN(C)N=O. The van der Waals surface area contributed by atoms with Crippen molar-refractivity contribution in [2.24, 2.45) is 5.29 Å². The molecule has 0 aliphatic heterocycles. The predicted molar refractivity (Wildman–Crippen MR) is 37.1 cm³/mol. The summed E-state index contributed by atoms with van der Waals surface area (Å²) in [5.41, 5.74) is 0. The Morgan fingerprint density at radius 2 is 2.30 bits per heavy atom. The monoisotopic (exact) mass is 145 g/mol. The lowest BCUT2D eigenvalue weighted by molar-refractivity contribution is -0.118. The molecule has 58 valence electrons.